The molecule has 20 heavy (non-hydrogen) atoms. The fourth-order valence-electron chi connectivity index (χ4n) is 2.76. The zero-order valence-electron chi connectivity index (χ0n) is 13.4. The molecule has 0 aromatic heterocycles. The first-order chi connectivity index (χ1) is 9.62. The molecule has 1 saturated heterocycles. The highest BCUT2D eigenvalue weighted by atomic mass is 16.5. The van der Waals surface area contributed by atoms with Crippen LogP contribution in [0.5, 0.6) is 0 Å². The van der Waals surface area contributed by atoms with E-state index in [9.17, 15) is 5.11 Å². The molecule has 0 saturated carbocycles. The van der Waals surface area contributed by atoms with E-state index < -0.39 is 0 Å². The number of aliphatic hydroxyl groups is 1. The van der Waals surface area contributed by atoms with Crippen molar-refractivity contribution >= 4 is 0 Å². The lowest BCUT2D eigenvalue weighted by molar-refractivity contribution is -0.0315. The topological polar surface area (TPSA) is 54.0 Å². The zero-order valence-corrected chi connectivity index (χ0v) is 13.4. The molecule has 2 N–H and O–H groups in total. The average Bonchev–Trinajstić information content (AvgIpc) is 2.44. The Kier molecular flexibility index (Phi) is 8.64. The Morgan fingerprint density at radius 3 is 2.75 bits per heavy atom. The van der Waals surface area contributed by atoms with E-state index in [1.165, 1.54) is 6.42 Å². The van der Waals surface area contributed by atoms with Gasteiger partial charge in [0.05, 0.1) is 19.8 Å². The molecule has 1 unspecified atom stereocenters. The van der Waals surface area contributed by atoms with Gasteiger partial charge < -0.3 is 19.9 Å². The minimum absolute atomic E-state index is 0.158. The van der Waals surface area contributed by atoms with Crippen molar-refractivity contribution in [2.24, 2.45) is 5.41 Å². The molecule has 1 heterocycles. The van der Waals surface area contributed by atoms with Gasteiger partial charge in [-0.3, -0.25) is 4.90 Å². The predicted octanol–water partition coefficient (Wildman–Crippen LogP) is 0.722. The maximum Gasteiger partial charge on any atom is 0.0589 e. The summed E-state index contributed by atoms with van der Waals surface area (Å²) in [6, 6.07) is 0.485. The van der Waals surface area contributed by atoms with Crippen LogP contribution in [-0.2, 0) is 9.47 Å². The fraction of sp³-hybridized carbons (Fsp3) is 1.00. The van der Waals surface area contributed by atoms with E-state index in [1.54, 1.807) is 7.11 Å². The van der Waals surface area contributed by atoms with Gasteiger partial charge in [-0.2, -0.15) is 0 Å². The van der Waals surface area contributed by atoms with Gasteiger partial charge in [-0.25, -0.2) is 0 Å². The number of methoxy groups -OCH3 is 1. The third-order valence-corrected chi connectivity index (χ3v) is 3.88. The molecule has 5 heteroatoms. The molecule has 1 aliphatic heterocycles. The van der Waals surface area contributed by atoms with Crippen LogP contribution in [0.4, 0.5) is 0 Å². The van der Waals surface area contributed by atoms with E-state index in [2.05, 4.69) is 24.1 Å². The van der Waals surface area contributed by atoms with E-state index in [0.29, 0.717) is 19.2 Å². The predicted molar refractivity (Wildman–Crippen MR) is 81.0 cm³/mol. The van der Waals surface area contributed by atoms with E-state index in [-0.39, 0.29) is 12.0 Å². The highest BCUT2D eigenvalue weighted by Crippen LogP contribution is 2.29. The van der Waals surface area contributed by atoms with Gasteiger partial charge in [0.25, 0.3) is 0 Å². The molecule has 0 aromatic rings. The highest BCUT2D eigenvalue weighted by molar-refractivity contribution is 4.88. The molecule has 1 aliphatic rings. The first-order valence-electron chi connectivity index (χ1n) is 7.75. The summed E-state index contributed by atoms with van der Waals surface area (Å²) in [6.45, 7) is 10.4. The van der Waals surface area contributed by atoms with E-state index >= 15 is 0 Å². The number of hydrogen-bond donors (Lipinski definition) is 2. The summed E-state index contributed by atoms with van der Waals surface area (Å²) in [6.07, 6.45) is 2.30. The minimum atomic E-state index is 0.158. The Hall–Kier alpha value is -0.200. The van der Waals surface area contributed by atoms with Crippen LogP contribution in [0, 0.1) is 5.41 Å². The second-order valence-electron chi connectivity index (χ2n) is 6.18. The lowest BCUT2D eigenvalue weighted by Gasteiger charge is -2.41. The Balaban J connectivity index is 2.59. The molecule has 120 valence electrons. The van der Waals surface area contributed by atoms with Gasteiger partial charge in [0.15, 0.2) is 0 Å². The normalized spacial score (nSPS) is 23.7. The van der Waals surface area contributed by atoms with Crippen LogP contribution >= 0.6 is 0 Å². The van der Waals surface area contributed by atoms with E-state index in [0.717, 1.165) is 39.3 Å². The molecule has 5 nitrogen and oxygen atoms in total. The van der Waals surface area contributed by atoms with Gasteiger partial charge >= 0.3 is 0 Å². The van der Waals surface area contributed by atoms with Crippen molar-refractivity contribution in [3.8, 4) is 0 Å². The smallest absolute Gasteiger partial charge is 0.0589 e. The van der Waals surface area contributed by atoms with Gasteiger partial charge in [-0.1, -0.05) is 13.8 Å². The number of ether oxygens (including phenoxy) is 2. The molecule has 1 atom stereocenters. The lowest BCUT2D eigenvalue weighted by atomic mass is 9.81. The van der Waals surface area contributed by atoms with Crippen LogP contribution in [0.25, 0.3) is 0 Å². The summed E-state index contributed by atoms with van der Waals surface area (Å²) in [5.41, 5.74) is 0.158. The summed E-state index contributed by atoms with van der Waals surface area (Å²) >= 11 is 0. The molecule has 0 radical (unpaired) electrons. The van der Waals surface area contributed by atoms with E-state index in [1.807, 2.05) is 0 Å². The zero-order chi connectivity index (χ0) is 14.8. The molecular formula is C15H32N2O3. The molecule has 1 rings (SSSR count). The first-order valence-corrected chi connectivity index (χ1v) is 7.75. The summed E-state index contributed by atoms with van der Waals surface area (Å²) in [7, 11) is 1.72. The SMILES string of the molecule is COCCN(CCO)CC1(CNC(C)C)CCCOC1. The molecule has 1 fully saturated rings. The molecule has 0 amide bonds. The number of nitrogens with one attached hydrogen (secondary N) is 1. The van der Waals surface area contributed by atoms with Crippen LogP contribution in [0.1, 0.15) is 26.7 Å². The molecule has 0 aromatic carbocycles. The first kappa shape index (κ1) is 17.9. The summed E-state index contributed by atoms with van der Waals surface area (Å²) in [5, 5.41) is 12.8. The Morgan fingerprint density at radius 1 is 1.40 bits per heavy atom. The second-order valence-corrected chi connectivity index (χ2v) is 6.18. The Labute approximate surface area is 123 Å². The summed E-state index contributed by atoms with van der Waals surface area (Å²) in [5.74, 6) is 0. The molecular weight excluding hydrogens is 256 g/mol. The lowest BCUT2D eigenvalue weighted by Crippen LogP contribution is -2.51. The standard InChI is InChI=1S/C15H32N2O3/c1-14(2)16-11-15(5-4-9-20-13-15)12-17(6-8-18)7-10-19-3/h14,16,18H,4-13H2,1-3H3. The number of rotatable bonds is 10. The Bertz CT molecular complexity index is 243. The number of hydrogen-bond acceptors (Lipinski definition) is 5. The third-order valence-electron chi connectivity index (χ3n) is 3.88. The third kappa shape index (κ3) is 6.50. The molecule has 0 spiro atoms. The van der Waals surface area contributed by atoms with Crippen molar-refractivity contribution in [3.63, 3.8) is 0 Å². The molecule has 0 aliphatic carbocycles. The monoisotopic (exact) mass is 288 g/mol. The van der Waals surface area contributed by atoms with Gasteiger partial charge in [-0.05, 0) is 12.8 Å². The summed E-state index contributed by atoms with van der Waals surface area (Å²) in [4.78, 5) is 2.29. The fourth-order valence-corrected chi connectivity index (χ4v) is 2.76. The van der Waals surface area contributed by atoms with Gasteiger partial charge in [-0.15, -0.1) is 0 Å². The maximum atomic E-state index is 9.24. The van der Waals surface area contributed by atoms with Crippen LogP contribution in [-0.4, -0.2) is 75.8 Å². The van der Waals surface area contributed by atoms with Gasteiger partial charge in [0.1, 0.15) is 0 Å². The van der Waals surface area contributed by atoms with Crippen molar-refractivity contribution in [3.05, 3.63) is 0 Å². The van der Waals surface area contributed by atoms with Crippen LogP contribution in [0.15, 0.2) is 0 Å². The van der Waals surface area contributed by atoms with Gasteiger partial charge in [0, 0.05) is 51.4 Å². The maximum absolute atomic E-state index is 9.24. The van der Waals surface area contributed by atoms with Crippen molar-refractivity contribution in [1.82, 2.24) is 10.2 Å². The Morgan fingerprint density at radius 2 is 2.20 bits per heavy atom. The van der Waals surface area contributed by atoms with Crippen molar-refractivity contribution < 1.29 is 14.6 Å². The average molecular weight is 288 g/mol. The van der Waals surface area contributed by atoms with Crippen molar-refractivity contribution in [2.75, 3.05) is 59.7 Å². The quantitative estimate of drug-likeness (QED) is 0.620. The molecule has 0 bridgehead atoms. The highest BCUT2D eigenvalue weighted by Gasteiger charge is 2.34. The van der Waals surface area contributed by atoms with Crippen LogP contribution < -0.4 is 5.32 Å². The second kappa shape index (κ2) is 9.68. The number of nitrogens with zero attached hydrogens (tertiary/aromatic N) is 1. The minimum Gasteiger partial charge on any atom is -0.395 e. The number of aliphatic hydroxyl groups excluding tert-OH is 1. The van der Waals surface area contributed by atoms with Crippen molar-refractivity contribution in [1.29, 1.82) is 0 Å². The summed E-state index contributed by atoms with van der Waals surface area (Å²) < 4.78 is 10.9. The van der Waals surface area contributed by atoms with E-state index in [4.69, 9.17) is 9.47 Å². The van der Waals surface area contributed by atoms with Crippen molar-refractivity contribution in [2.45, 2.75) is 32.7 Å². The van der Waals surface area contributed by atoms with Gasteiger partial charge in [0.2, 0.25) is 0 Å². The van der Waals surface area contributed by atoms with Crippen LogP contribution in [0.3, 0.4) is 0 Å². The van der Waals surface area contributed by atoms with Crippen LogP contribution in [0.2, 0.25) is 0 Å². The largest absolute Gasteiger partial charge is 0.395 e.